The van der Waals surface area contributed by atoms with Crippen LogP contribution in [0.25, 0.3) is 0 Å². The minimum Gasteiger partial charge on any atom is -0.385 e. The SMILES string of the molecule is O=C(CCNc1ccc(Cl)c(C(F)(F)F)c1)NCCC1=CCCCC1. The molecule has 7 heteroatoms. The van der Waals surface area contributed by atoms with Crippen LogP contribution in [-0.2, 0) is 11.0 Å². The van der Waals surface area contributed by atoms with Gasteiger partial charge in [-0.25, -0.2) is 0 Å². The van der Waals surface area contributed by atoms with E-state index in [-0.39, 0.29) is 29.6 Å². The molecule has 2 N–H and O–H groups in total. The van der Waals surface area contributed by atoms with Crippen LogP contribution in [0.4, 0.5) is 18.9 Å². The average Bonchev–Trinajstić information content (AvgIpc) is 2.56. The van der Waals surface area contributed by atoms with Gasteiger partial charge in [0, 0.05) is 25.2 Å². The summed E-state index contributed by atoms with van der Waals surface area (Å²) in [7, 11) is 0. The first-order valence-corrected chi connectivity index (χ1v) is 8.79. The maximum absolute atomic E-state index is 12.8. The lowest BCUT2D eigenvalue weighted by atomic mass is 9.97. The van der Waals surface area contributed by atoms with Gasteiger partial charge in [0.25, 0.3) is 0 Å². The number of amides is 1. The second-order valence-corrected chi connectivity index (χ2v) is 6.48. The maximum atomic E-state index is 12.8. The summed E-state index contributed by atoms with van der Waals surface area (Å²) in [6, 6.07) is 3.62. The lowest BCUT2D eigenvalue weighted by molar-refractivity contribution is -0.137. The summed E-state index contributed by atoms with van der Waals surface area (Å²) in [4.78, 5) is 11.8. The van der Waals surface area contributed by atoms with Gasteiger partial charge in [0.2, 0.25) is 5.91 Å². The Balaban J connectivity index is 1.71. The molecule has 0 bridgehead atoms. The van der Waals surface area contributed by atoms with Crippen molar-refractivity contribution in [3.63, 3.8) is 0 Å². The average molecular weight is 375 g/mol. The van der Waals surface area contributed by atoms with Crippen LogP contribution in [0.5, 0.6) is 0 Å². The molecule has 1 aromatic rings. The van der Waals surface area contributed by atoms with Crippen molar-refractivity contribution < 1.29 is 18.0 Å². The van der Waals surface area contributed by atoms with E-state index in [9.17, 15) is 18.0 Å². The Morgan fingerprint density at radius 3 is 2.68 bits per heavy atom. The van der Waals surface area contributed by atoms with E-state index in [2.05, 4.69) is 16.7 Å². The topological polar surface area (TPSA) is 41.1 Å². The molecule has 0 radical (unpaired) electrons. The zero-order valence-corrected chi connectivity index (χ0v) is 14.6. The Morgan fingerprint density at radius 2 is 2.00 bits per heavy atom. The zero-order valence-electron chi connectivity index (χ0n) is 13.9. The zero-order chi connectivity index (χ0) is 18.3. The van der Waals surface area contributed by atoms with Gasteiger partial charge in [0.15, 0.2) is 0 Å². The molecule has 0 fully saturated rings. The number of carbonyl (C=O) groups excluding carboxylic acids is 1. The third kappa shape index (κ3) is 6.61. The smallest absolute Gasteiger partial charge is 0.385 e. The number of rotatable bonds is 7. The molecule has 3 nitrogen and oxygen atoms in total. The number of benzene rings is 1. The molecule has 0 aromatic heterocycles. The van der Waals surface area contributed by atoms with Crippen LogP contribution >= 0.6 is 11.6 Å². The quantitative estimate of drug-likeness (QED) is 0.646. The molecule has 1 aromatic carbocycles. The van der Waals surface area contributed by atoms with E-state index in [4.69, 9.17) is 11.6 Å². The molecular weight excluding hydrogens is 353 g/mol. The molecule has 2 rings (SSSR count). The van der Waals surface area contributed by atoms with Gasteiger partial charge in [-0.3, -0.25) is 4.79 Å². The molecule has 1 aliphatic carbocycles. The molecule has 0 spiro atoms. The number of anilines is 1. The third-order valence-corrected chi connectivity index (χ3v) is 4.44. The first-order valence-electron chi connectivity index (χ1n) is 8.41. The Labute approximate surface area is 150 Å². The van der Waals surface area contributed by atoms with E-state index in [0.717, 1.165) is 25.3 Å². The van der Waals surface area contributed by atoms with E-state index < -0.39 is 11.7 Å². The van der Waals surface area contributed by atoms with Gasteiger partial charge in [-0.1, -0.05) is 23.3 Å². The molecule has 0 heterocycles. The number of hydrogen-bond donors (Lipinski definition) is 2. The van der Waals surface area contributed by atoms with Crippen molar-refractivity contribution in [2.45, 2.75) is 44.7 Å². The van der Waals surface area contributed by atoms with Gasteiger partial charge in [-0.05, 0) is 50.3 Å². The van der Waals surface area contributed by atoms with E-state index in [1.165, 1.54) is 30.5 Å². The summed E-state index contributed by atoms with van der Waals surface area (Å²) in [6.45, 7) is 0.858. The highest BCUT2D eigenvalue weighted by Crippen LogP contribution is 2.36. The van der Waals surface area contributed by atoms with Crippen molar-refractivity contribution in [3.8, 4) is 0 Å². The van der Waals surface area contributed by atoms with Crippen LogP contribution in [0.1, 0.15) is 44.1 Å². The number of nitrogens with one attached hydrogen (secondary N) is 2. The van der Waals surface area contributed by atoms with Crippen molar-refractivity contribution in [1.29, 1.82) is 0 Å². The van der Waals surface area contributed by atoms with Crippen LogP contribution < -0.4 is 10.6 Å². The van der Waals surface area contributed by atoms with Crippen LogP contribution in [0.3, 0.4) is 0 Å². The Kier molecular flexibility index (Phi) is 7.17. The van der Waals surface area contributed by atoms with Crippen molar-refractivity contribution in [2.75, 3.05) is 18.4 Å². The minimum absolute atomic E-state index is 0.117. The van der Waals surface area contributed by atoms with Crippen LogP contribution in [-0.4, -0.2) is 19.0 Å². The molecule has 0 unspecified atom stereocenters. The van der Waals surface area contributed by atoms with Crippen LogP contribution in [0.2, 0.25) is 5.02 Å². The number of allylic oxidation sites excluding steroid dienone is 1. The summed E-state index contributed by atoms with van der Waals surface area (Å²) in [5, 5.41) is 5.32. The monoisotopic (exact) mass is 374 g/mol. The minimum atomic E-state index is -4.50. The van der Waals surface area contributed by atoms with Gasteiger partial charge >= 0.3 is 6.18 Å². The largest absolute Gasteiger partial charge is 0.417 e. The normalized spacial score (nSPS) is 14.8. The number of alkyl halides is 3. The highest BCUT2D eigenvalue weighted by Gasteiger charge is 2.33. The predicted octanol–water partition coefficient (Wildman–Crippen LogP) is 5.17. The first kappa shape index (κ1) is 19.6. The lowest BCUT2D eigenvalue weighted by Gasteiger charge is -2.13. The Hall–Kier alpha value is -1.69. The highest BCUT2D eigenvalue weighted by atomic mass is 35.5. The van der Waals surface area contributed by atoms with Gasteiger partial charge < -0.3 is 10.6 Å². The fourth-order valence-electron chi connectivity index (χ4n) is 2.76. The summed E-state index contributed by atoms with van der Waals surface area (Å²) in [5.74, 6) is -0.117. The number of halogens is 4. The van der Waals surface area contributed by atoms with Gasteiger partial charge in [-0.2, -0.15) is 13.2 Å². The lowest BCUT2D eigenvalue weighted by Crippen LogP contribution is -2.26. The molecule has 25 heavy (non-hydrogen) atoms. The van der Waals surface area contributed by atoms with Crippen LogP contribution in [0.15, 0.2) is 29.8 Å². The van der Waals surface area contributed by atoms with E-state index in [0.29, 0.717) is 6.54 Å². The Morgan fingerprint density at radius 1 is 1.20 bits per heavy atom. The van der Waals surface area contributed by atoms with Gasteiger partial charge in [-0.15, -0.1) is 0 Å². The molecule has 138 valence electrons. The van der Waals surface area contributed by atoms with Crippen molar-refractivity contribution >= 4 is 23.2 Å². The molecular formula is C18H22ClF3N2O. The first-order chi connectivity index (χ1) is 11.9. The van der Waals surface area contributed by atoms with E-state index in [1.807, 2.05) is 0 Å². The van der Waals surface area contributed by atoms with E-state index >= 15 is 0 Å². The number of carbonyl (C=O) groups is 1. The summed E-state index contributed by atoms with van der Waals surface area (Å²) >= 11 is 5.57. The number of hydrogen-bond acceptors (Lipinski definition) is 2. The fourth-order valence-corrected chi connectivity index (χ4v) is 2.98. The highest BCUT2D eigenvalue weighted by molar-refractivity contribution is 6.31. The van der Waals surface area contributed by atoms with Crippen LogP contribution in [0, 0.1) is 0 Å². The summed E-state index contributed by atoms with van der Waals surface area (Å²) < 4.78 is 38.4. The van der Waals surface area contributed by atoms with Crippen molar-refractivity contribution in [2.24, 2.45) is 0 Å². The summed E-state index contributed by atoms with van der Waals surface area (Å²) in [5.41, 5.74) is 0.798. The van der Waals surface area contributed by atoms with Crippen molar-refractivity contribution in [1.82, 2.24) is 5.32 Å². The maximum Gasteiger partial charge on any atom is 0.417 e. The standard InChI is InChI=1S/C18H22ClF3N2O/c19-16-7-6-14(12-15(16)18(20,21)22)23-11-9-17(25)24-10-8-13-4-2-1-3-5-13/h4,6-7,12,23H,1-3,5,8-11H2,(H,24,25). The van der Waals surface area contributed by atoms with Crippen molar-refractivity contribution in [3.05, 3.63) is 40.4 Å². The molecule has 1 amide bonds. The second kappa shape index (κ2) is 9.13. The molecule has 0 aliphatic heterocycles. The molecule has 0 saturated heterocycles. The van der Waals surface area contributed by atoms with Gasteiger partial charge in [0.05, 0.1) is 10.6 Å². The predicted molar refractivity (Wildman–Crippen MR) is 93.7 cm³/mol. The van der Waals surface area contributed by atoms with E-state index in [1.54, 1.807) is 0 Å². The molecule has 0 atom stereocenters. The Bertz CT molecular complexity index is 629. The second-order valence-electron chi connectivity index (χ2n) is 6.08. The fraction of sp³-hybridized carbons (Fsp3) is 0.500. The van der Waals surface area contributed by atoms with Gasteiger partial charge in [0.1, 0.15) is 0 Å². The molecule has 1 aliphatic rings. The molecule has 0 saturated carbocycles. The third-order valence-electron chi connectivity index (χ3n) is 4.11. The summed E-state index contributed by atoms with van der Waals surface area (Å²) in [6.07, 6.45) is 3.49.